The van der Waals surface area contributed by atoms with E-state index in [0.717, 1.165) is 10.5 Å². The maximum absolute atomic E-state index is 13.0. The van der Waals surface area contributed by atoms with Gasteiger partial charge >= 0.3 is 0 Å². The highest BCUT2D eigenvalue weighted by molar-refractivity contribution is 7.92. The highest BCUT2D eigenvalue weighted by atomic mass is 32.2. The summed E-state index contributed by atoms with van der Waals surface area (Å²) in [6, 6.07) is 11.3. The summed E-state index contributed by atoms with van der Waals surface area (Å²) in [7, 11) is -2.64. The van der Waals surface area contributed by atoms with Crippen LogP contribution in [0.2, 0.25) is 0 Å². The number of nitrogens with one attached hydrogen (secondary N) is 1. The molecule has 3 rings (SSSR count). The van der Waals surface area contributed by atoms with Crippen LogP contribution in [0, 0.1) is 0 Å². The minimum absolute atomic E-state index is 0.118. The summed E-state index contributed by atoms with van der Waals surface area (Å²) in [5.41, 5.74) is 1.71. The van der Waals surface area contributed by atoms with Crippen LogP contribution >= 0.6 is 0 Å². The van der Waals surface area contributed by atoms with E-state index in [0.29, 0.717) is 11.6 Å². The summed E-state index contributed by atoms with van der Waals surface area (Å²) < 4.78 is 33.6. The number of ether oxygens (including phenoxy) is 1. The number of sulfonamides is 1. The molecule has 148 valence electrons. The number of imide groups is 1. The fraction of sp³-hybridized carbons (Fsp3) is 0.300. The van der Waals surface area contributed by atoms with E-state index < -0.39 is 10.0 Å². The molecule has 1 aliphatic rings. The summed E-state index contributed by atoms with van der Waals surface area (Å²) in [4.78, 5) is 24.8. The molecular weight excluding hydrogens is 380 g/mol. The molecule has 1 saturated heterocycles. The first-order chi connectivity index (χ1) is 13.2. The number of rotatable bonds is 6. The summed E-state index contributed by atoms with van der Waals surface area (Å²) >= 11 is 0. The first-order valence-electron chi connectivity index (χ1n) is 8.89. The third-order valence-electron chi connectivity index (χ3n) is 4.58. The van der Waals surface area contributed by atoms with Crippen molar-refractivity contribution in [3.05, 3.63) is 48.0 Å². The number of nitrogens with zero attached hydrogens (tertiary/aromatic N) is 1. The van der Waals surface area contributed by atoms with E-state index >= 15 is 0 Å². The quantitative estimate of drug-likeness (QED) is 0.749. The zero-order chi connectivity index (χ0) is 20.5. The second kappa shape index (κ2) is 7.63. The van der Waals surface area contributed by atoms with Gasteiger partial charge in [-0.05, 0) is 41.8 Å². The van der Waals surface area contributed by atoms with Crippen molar-refractivity contribution in [2.24, 2.45) is 0 Å². The highest BCUT2D eigenvalue weighted by Crippen LogP contribution is 2.32. The number of anilines is 2. The average molecular weight is 402 g/mol. The molecule has 8 heteroatoms. The lowest BCUT2D eigenvalue weighted by Crippen LogP contribution is -2.28. The van der Waals surface area contributed by atoms with Gasteiger partial charge in [0.15, 0.2) is 0 Å². The number of benzene rings is 2. The van der Waals surface area contributed by atoms with Crippen molar-refractivity contribution < 1.29 is 22.7 Å². The molecule has 28 heavy (non-hydrogen) atoms. The molecule has 0 unspecified atom stereocenters. The van der Waals surface area contributed by atoms with Crippen molar-refractivity contribution in [2.45, 2.75) is 37.5 Å². The van der Waals surface area contributed by atoms with Crippen LogP contribution in [0.15, 0.2) is 47.4 Å². The van der Waals surface area contributed by atoms with Gasteiger partial charge in [0, 0.05) is 18.5 Å². The lowest BCUT2D eigenvalue weighted by Gasteiger charge is -2.17. The highest BCUT2D eigenvalue weighted by Gasteiger charge is 2.32. The zero-order valence-electron chi connectivity index (χ0n) is 15.9. The molecule has 0 spiro atoms. The Morgan fingerprint density at radius 2 is 1.61 bits per heavy atom. The minimum Gasteiger partial charge on any atom is -0.495 e. The van der Waals surface area contributed by atoms with Crippen LogP contribution in [-0.2, 0) is 19.6 Å². The molecule has 1 aliphatic heterocycles. The van der Waals surface area contributed by atoms with Gasteiger partial charge in [-0.3, -0.25) is 19.2 Å². The van der Waals surface area contributed by atoms with Gasteiger partial charge < -0.3 is 4.74 Å². The van der Waals surface area contributed by atoms with E-state index in [1.54, 1.807) is 12.1 Å². The lowest BCUT2D eigenvalue weighted by atomic mass is 10.0. The Labute approximate surface area is 164 Å². The smallest absolute Gasteiger partial charge is 0.265 e. The van der Waals surface area contributed by atoms with Gasteiger partial charge in [-0.2, -0.15) is 0 Å². The molecule has 2 amide bonds. The Kier molecular flexibility index (Phi) is 5.42. The van der Waals surface area contributed by atoms with Crippen LogP contribution in [-0.4, -0.2) is 27.3 Å². The van der Waals surface area contributed by atoms with E-state index in [1.807, 2.05) is 12.1 Å². The largest absolute Gasteiger partial charge is 0.495 e. The Bertz CT molecular complexity index is 997. The molecule has 0 aromatic heterocycles. The summed E-state index contributed by atoms with van der Waals surface area (Å²) in [6.45, 7) is 4.10. The number of hydrogen-bond acceptors (Lipinski definition) is 5. The molecule has 2 aromatic carbocycles. The fourth-order valence-electron chi connectivity index (χ4n) is 3.03. The Morgan fingerprint density at radius 1 is 1.00 bits per heavy atom. The summed E-state index contributed by atoms with van der Waals surface area (Å²) in [6.07, 6.45) is 0.237. The normalized spacial score (nSPS) is 14.6. The van der Waals surface area contributed by atoms with E-state index in [-0.39, 0.29) is 41.0 Å². The van der Waals surface area contributed by atoms with Crippen molar-refractivity contribution >= 4 is 33.2 Å². The molecule has 7 nitrogen and oxygen atoms in total. The maximum Gasteiger partial charge on any atom is 0.265 e. The van der Waals surface area contributed by atoms with Crippen molar-refractivity contribution in [2.75, 3.05) is 16.7 Å². The number of carbonyl (C=O) groups is 2. The van der Waals surface area contributed by atoms with Crippen molar-refractivity contribution in [3.63, 3.8) is 0 Å². The predicted molar refractivity (Wildman–Crippen MR) is 106 cm³/mol. The van der Waals surface area contributed by atoms with Gasteiger partial charge in [-0.25, -0.2) is 8.42 Å². The van der Waals surface area contributed by atoms with Crippen LogP contribution in [0.3, 0.4) is 0 Å². The fourth-order valence-corrected chi connectivity index (χ4v) is 4.27. The predicted octanol–water partition coefficient (Wildman–Crippen LogP) is 3.27. The van der Waals surface area contributed by atoms with E-state index in [4.69, 9.17) is 4.74 Å². The second-order valence-corrected chi connectivity index (χ2v) is 8.49. The Balaban J connectivity index is 1.96. The molecule has 0 bridgehead atoms. The molecule has 0 atom stereocenters. The van der Waals surface area contributed by atoms with Crippen LogP contribution in [0.5, 0.6) is 5.75 Å². The molecule has 1 fully saturated rings. The average Bonchev–Trinajstić information content (AvgIpc) is 2.99. The summed E-state index contributed by atoms with van der Waals surface area (Å²) in [5.74, 6) is -0.251. The first kappa shape index (κ1) is 19.9. The van der Waals surface area contributed by atoms with Crippen LogP contribution in [0.4, 0.5) is 11.4 Å². The standard InChI is InChI=1S/C20H22N2O5S/c1-13(2)14-4-6-15(7-5-14)21-28(25,26)18-12-16(8-9-17(18)27-3)22-19(23)10-11-20(22)24/h4-9,12-13,21H,10-11H2,1-3H3. The van der Waals surface area contributed by atoms with Gasteiger partial charge in [0.05, 0.1) is 12.8 Å². The first-order valence-corrected chi connectivity index (χ1v) is 10.4. The van der Waals surface area contributed by atoms with Gasteiger partial charge in [0.1, 0.15) is 10.6 Å². The molecule has 0 saturated carbocycles. The van der Waals surface area contributed by atoms with Crippen LogP contribution in [0.25, 0.3) is 0 Å². The minimum atomic E-state index is -4.00. The van der Waals surface area contributed by atoms with Gasteiger partial charge in [0.25, 0.3) is 10.0 Å². The van der Waals surface area contributed by atoms with Crippen LogP contribution in [0.1, 0.15) is 38.2 Å². The molecule has 0 aliphatic carbocycles. The van der Waals surface area contributed by atoms with Gasteiger partial charge in [-0.1, -0.05) is 26.0 Å². The van der Waals surface area contributed by atoms with E-state index in [2.05, 4.69) is 18.6 Å². The third kappa shape index (κ3) is 3.87. The molecular formula is C20H22N2O5S. The van der Waals surface area contributed by atoms with Gasteiger partial charge in [-0.15, -0.1) is 0 Å². The number of carbonyl (C=O) groups excluding carboxylic acids is 2. The topological polar surface area (TPSA) is 92.8 Å². The monoisotopic (exact) mass is 402 g/mol. The molecule has 0 radical (unpaired) electrons. The van der Waals surface area contributed by atoms with Crippen molar-refractivity contribution in [1.29, 1.82) is 0 Å². The lowest BCUT2D eigenvalue weighted by molar-refractivity contribution is -0.121. The zero-order valence-corrected chi connectivity index (χ0v) is 16.7. The van der Waals surface area contributed by atoms with Crippen LogP contribution < -0.4 is 14.4 Å². The second-order valence-electron chi connectivity index (χ2n) is 6.84. The molecule has 1 heterocycles. The Morgan fingerprint density at radius 3 is 2.14 bits per heavy atom. The maximum atomic E-state index is 13.0. The number of amides is 2. The number of hydrogen-bond donors (Lipinski definition) is 1. The van der Waals surface area contributed by atoms with Crippen molar-refractivity contribution in [1.82, 2.24) is 0 Å². The number of methoxy groups -OCH3 is 1. The SMILES string of the molecule is COc1ccc(N2C(=O)CCC2=O)cc1S(=O)(=O)Nc1ccc(C(C)C)cc1. The molecule has 2 aromatic rings. The van der Waals surface area contributed by atoms with Crippen molar-refractivity contribution in [3.8, 4) is 5.75 Å². The summed E-state index contributed by atoms with van der Waals surface area (Å²) in [5, 5.41) is 0. The Hall–Kier alpha value is -2.87. The van der Waals surface area contributed by atoms with Gasteiger partial charge in [0.2, 0.25) is 11.8 Å². The third-order valence-corrected chi connectivity index (χ3v) is 5.98. The van der Waals surface area contributed by atoms with E-state index in [9.17, 15) is 18.0 Å². The van der Waals surface area contributed by atoms with E-state index in [1.165, 1.54) is 25.3 Å². The molecule has 1 N–H and O–H groups in total.